The molecule has 0 atom stereocenters. The van der Waals surface area contributed by atoms with Gasteiger partial charge in [0.1, 0.15) is 0 Å². The summed E-state index contributed by atoms with van der Waals surface area (Å²) >= 11 is 3.40. The zero-order chi connectivity index (χ0) is 13.8. The van der Waals surface area contributed by atoms with Crippen LogP contribution < -0.4 is 14.2 Å². The first-order chi connectivity index (χ1) is 9.15. The fourth-order valence-corrected chi connectivity index (χ4v) is 1.81. The van der Waals surface area contributed by atoms with E-state index in [-0.39, 0.29) is 0 Å². The third-order valence-electron chi connectivity index (χ3n) is 2.61. The van der Waals surface area contributed by atoms with E-state index < -0.39 is 0 Å². The topological polar surface area (TPSA) is 40.6 Å². The Hall–Kier alpha value is -1.75. The van der Waals surface area contributed by atoms with E-state index >= 15 is 0 Å². The van der Waals surface area contributed by atoms with Crippen LogP contribution in [0.2, 0.25) is 0 Å². The Labute approximate surface area is 120 Å². The molecule has 0 N–H and O–H groups in total. The Morgan fingerprint density at radius 2 is 1.74 bits per heavy atom. The van der Waals surface area contributed by atoms with Gasteiger partial charge in [0.25, 0.3) is 0 Å². The van der Waals surface area contributed by atoms with Gasteiger partial charge < -0.3 is 14.2 Å². The Kier molecular flexibility index (Phi) is 4.27. The van der Waals surface area contributed by atoms with E-state index in [0.717, 1.165) is 10.0 Å². The van der Waals surface area contributed by atoms with Crippen LogP contribution in [0.4, 0.5) is 0 Å². The number of methoxy groups -OCH3 is 2. The maximum Gasteiger partial charge on any atom is 0.219 e. The van der Waals surface area contributed by atoms with Crippen molar-refractivity contribution in [3.8, 4) is 23.1 Å². The van der Waals surface area contributed by atoms with E-state index in [4.69, 9.17) is 14.2 Å². The zero-order valence-corrected chi connectivity index (χ0v) is 12.5. The smallest absolute Gasteiger partial charge is 0.219 e. The van der Waals surface area contributed by atoms with Gasteiger partial charge in [-0.05, 0) is 40.5 Å². The summed E-state index contributed by atoms with van der Waals surface area (Å²) in [5, 5.41) is 0. The molecule has 100 valence electrons. The van der Waals surface area contributed by atoms with Crippen molar-refractivity contribution in [2.75, 3.05) is 14.2 Å². The number of ether oxygens (including phenoxy) is 3. The standard InChI is InChI=1S/C14H14BrNO3/c1-9-7-13(16-8-10(9)15)19-14-11(17-2)5-4-6-12(14)18-3/h4-8H,1-3H3. The molecule has 0 radical (unpaired) electrons. The molecule has 0 saturated heterocycles. The van der Waals surface area contributed by atoms with Crippen molar-refractivity contribution in [3.05, 3.63) is 40.5 Å². The van der Waals surface area contributed by atoms with Crippen LogP contribution >= 0.6 is 15.9 Å². The van der Waals surface area contributed by atoms with E-state index in [1.165, 1.54) is 0 Å². The highest BCUT2D eigenvalue weighted by Crippen LogP contribution is 2.39. The van der Waals surface area contributed by atoms with E-state index in [1.807, 2.05) is 31.2 Å². The van der Waals surface area contributed by atoms with Gasteiger partial charge in [-0.25, -0.2) is 4.98 Å². The van der Waals surface area contributed by atoms with Crippen LogP contribution in [0.25, 0.3) is 0 Å². The van der Waals surface area contributed by atoms with Gasteiger partial charge in [0.15, 0.2) is 11.5 Å². The van der Waals surface area contributed by atoms with E-state index in [0.29, 0.717) is 23.1 Å². The van der Waals surface area contributed by atoms with Gasteiger partial charge in [-0.2, -0.15) is 0 Å². The lowest BCUT2D eigenvalue weighted by Crippen LogP contribution is -1.96. The maximum absolute atomic E-state index is 5.78. The molecule has 19 heavy (non-hydrogen) atoms. The van der Waals surface area contributed by atoms with Crippen molar-refractivity contribution in [3.63, 3.8) is 0 Å². The van der Waals surface area contributed by atoms with Crippen molar-refractivity contribution in [2.45, 2.75) is 6.92 Å². The molecule has 0 aliphatic carbocycles. The van der Waals surface area contributed by atoms with Crippen LogP contribution in [-0.2, 0) is 0 Å². The van der Waals surface area contributed by atoms with Crippen LogP contribution in [0, 0.1) is 6.92 Å². The summed E-state index contributed by atoms with van der Waals surface area (Å²) in [7, 11) is 3.17. The summed E-state index contributed by atoms with van der Waals surface area (Å²) in [4.78, 5) is 4.20. The fourth-order valence-electron chi connectivity index (χ4n) is 1.59. The molecule has 2 aromatic rings. The largest absolute Gasteiger partial charge is 0.493 e. The first kappa shape index (κ1) is 13.7. The quantitative estimate of drug-likeness (QED) is 0.853. The molecule has 1 aromatic heterocycles. The third-order valence-corrected chi connectivity index (χ3v) is 3.44. The average Bonchev–Trinajstić information content (AvgIpc) is 2.43. The minimum atomic E-state index is 0.489. The molecule has 0 bridgehead atoms. The lowest BCUT2D eigenvalue weighted by molar-refractivity contribution is 0.342. The SMILES string of the molecule is COc1cccc(OC)c1Oc1cc(C)c(Br)cn1. The second kappa shape index (κ2) is 5.93. The molecule has 2 rings (SSSR count). The van der Waals surface area contributed by atoms with Crippen molar-refractivity contribution >= 4 is 15.9 Å². The van der Waals surface area contributed by atoms with Gasteiger partial charge >= 0.3 is 0 Å². The predicted octanol–water partition coefficient (Wildman–Crippen LogP) is 3.96. The highest BCUT2D eigenvalue weighted by Gasteiger charge is 2.13. The van der Waals surface area contributed by atoms with Crippen molar-refractivity contribution in [2.24, 2.45) is 0 Å². The number of rotatable bonds is 4. The zero-order valence-electron chi connectivity index (χ0n) is 10.9. The van der Waals surface area contributed by atoms with Gasteiger partial charge in [-0.1, -0.05) is 6.07 Å². The molecule has 0 spiro atoms. The molecule has 5 heteroatoms. The first-order valence-electron chi connectivity index (χ1n) is 5.66. The molecular formula is C14H14BrNO3. The number of benzene rings is 1. The number of nitrogens with zero attached hydrogens (tertiary/aromatic N) is 1. The fraction of sp³-hybridized carbons (Fsp3) is 0.214. The minimum absolute atomic E-state index is 0.489. The third kappa shape index (κ3) is 2.98. The van der Waals surface area contributed by atoms with E-state index in [9.17, 15) is 0 Å². The van der Waals surface area contributed by atoms with Crippen molar-refractivity contribution in [1.82, 2.24) is 4.98 Å². The number of pyridine rings is 1. The summed E-state index contributed by atoms with van der Waals surface area (Å²) in [6.45, 7) is 1.97. The van der Waals surface area contributed by atoms with Gasteiger partial charge in [0.2, 0.25) is 11.6 Å². The lowest BCUT2D eigenvalue weighted by atomic mass is 10.3. The molecule has 0 fully saturated rings. The minimum Gasteiger partial charge on any atom is -0.493 e. The summed E-state index contributed by atoms with van der Waals surface area (Å²) in [6.07, 6.45) is 1.70. The number of hydrogen-bond donors (Lipinski definition) is 0. The molecule has 1 aromatic carbocycles. The first-order valence-corrected chi connectivity index (χ1v) is 6.46. The summed E-state index contributed by atoms with van der Waals surface area (Å²) < 4.78 is 17.3. The van der Waals surface area contributed by atoms with Crippen LogP contribution in [0.3, 0.4) is 0 Å². The Balaban J connectivity index is 2.39. The van der Waals surface area contributed by atoms with Crippen LogP contribution in [-0.4, -0.2) is 19.2 Å². The second-order valence-electron chi connectivity index (χ2n) is 3.87. The molecule has 0 amide bonds. The monoisotopic (exact) mass is 323 g/mol. The summed E-state index contributed by atoms with van der Waals surface area (Å²) in [6, 6.07) is 7.30. The molecular weight excluding hydrogens is 310 g/mol. The van der Waals surface area contributed by atoms with E-state index in [2.05, 4.69) is 20.9 Å². The second-order valence-corrected chi connectivity index (χ2v) is 4.72. The predicted molar refractivity (Wildman–Crippen MR) is 76.3 cm³/mol. The van der Waals surface area contributed by atoms with Crippen LogP contribution in [0.15, 0.2) is 34.9 Å². The Morgan fingerprint density at radius 1 is 1.11 bits per heavy atom. The van der Waals surface area contributed by atoms with Gasteiger partial charge in [-0.15, -0.1) is 0 Å². The highest BCUT2D eigenvalue weighted by molar-refractivity contribution is 9.10. The molecule has 0 aliphatic heterocycles. The Bertz CT molecular complexity index is 565. The lowest BCUT2D eigenvalue weighted by Gasteiger charge is -2.13. The number of aromatic nitrogens is 1. The number of aryl methyl sites for hydroxylation is 1. The average molecular weight is 324 g/mol. The van der Waals surface area contributed by atoms with Crippen molar-refractivity contribution < 1.29 is 14.2 Å². The van der Waals surface area contributed by atoms with Gasteiger partial charge in [0, 0.05) is 16.7 Å². The summed E-state index contributed by atoms with van der Waals surface area (Å²) in [5.74, 6) is 2.20. The molecule has 4 nitrogen and oxygen atoms in total. The molecule has 1 heterocycles. The van der Waals surface area contributed by atoms with Gasteiger partial charge in [0.05, 0.1) is 14.2 Å². The van der Waals surface area contributed by atoms with E-state index in [1.54, 1.807) is 20.4 Å². The number of para-hydroxylation sites is 1. The Morgan fingerprint density at radius 3 is 2.26 bits per heavy atom. The van der Waals surface area contributed by atoms with Crippen LogP contribution in [0.5, 0.6) is 23.1 Å². The van der Waals surface area contributed by atoms with Crippen molar-refractivity contribution in [1.29, 1.82) is 0 Å². The maximum atomic E-state index is 5.78. The number of hydrogen-bond acceptors (Lipinski definition) is 4. The molecule has 0 saturated carbocycles. The summed E-state index contributed by atoms with van der Waals surface area (Å²) in [5.41, 5.74) is 1.04. The van der Waals surface area contributed by atoms with Crippen LogP contribution in [0.1, 0.15) is 5.56 Å². The normalized spacial score (nSPS) is 10.1. The molecule has 0 aliphatic rings. The van der Waals surface area contributed by atoms with Gasteiger partial charge in [-0.3, -0.25) is 0 Å². The molecule has 0 unspecified atom stereocenters. The number of halogens is 1. The highest BCUT2D eigenvalue weighted by atomic mass is 79.9.